The van der Waals surface area contributed by atoms with Gasteiger partial charge in [-0.25, -0.2) is 0 Å². The van der Waals surface area contributed by atoms with Crippen LogP contribution in [0.4, 0.5) is 0 Å². The van der Waals surface area contributed by atoms with Crippen molar-refractivity contribution < 1.29 is 43.4 Å². The second-order valence-corrected chi connectivity index (χ2v) is 33.1. The van der Waals surface area contributed by atoms with E-state index in [2.05, 4.69) is 426 Å². The number of halogens is 3. The van der Waals surface area contributed by atoms with Gasteiger partial charge in [-0.3, -0.25) is 0 Å². The first-order chi connectivity index (χ1) is 51.2. The molecule has 0 aliphatic heterocycles. The molecule has 0 aromatic heterocycles. The van der Waals surface area contributed by atoms with Crippen molar-refractivity contribution in [3.63, 3.8) is 0 Å². The zero-order valence-electron chi connectivity index (χ0n) is 56.8. The maximum atomic E-state index is 9.70. The molecule has 0 heterocycles. The Bertz CT molecular complexity index is 4140. The Morgan fingerprint density at radius 2 is 0.358 bits per heavy atom. The summed E-state index contributed by atoms with van der Waals surface area (Å²) in [6.45, 7) is 0. The molecule has 0 fully saturated rings. The molecule has 15 aromatic carbocycles. The molecule has 15 aromatic rings. The van der Waals surface area contributed by atoms with Gasteiger partial charge in [0.2, 0.25) is 0 Å². The molecule has 0 bridgehead atoms. The summed E-state index contributed by atoms with van der Waals surface area (Å²) in [7, 11) is -1.78. The SMILES string of the molecule is C.C#Cc1cc(C#C)cc(C#C)c1.Oc1c(Br)ccc2c(O)c(Br)ccc12.[Cu][I].[Pd].c1ccc(P(c2ccccc2)c2ccccc2)cc1.c1ccc(P(c2ccccc2)c2ccccc2)cc1.c1ccc(P(c2ccccc2)c2ccccc2)cc1.c1ccc(P(c2ccccc2)c2ccccc2)cc1. The number of fused-ring (bicyclic) bond motifs is 1. The van der Waals surface area contributed by atoms with Gasteiger partial charge in [0.15, 0.2) is 0 Å². The van der Waals surface area contributed by atoms with E-state index in [1.54, 1.807) is 62.8 Å². The minimum Gasteiger partial charge on any atom is -0.0622 e. The molecule has 11 heteroatoms. The van der Waals surface area contributed by atoms with Crippen LogP contribution >= 0.6 is 83.9 Å². The van der Waals surface area contributed by atoms with Gasteiger partial charge in [-0.05, 0) is 170 Å². The Morgan fingerprint density at radius 1 is 0.236 bits per heavy atom. The van der Waals surface area contributed by atoms with E-state index in [1.165, 1.54) is 63.7 Å². The number of phenols is 2. The van der Waals surface area contributed by atoms with Crippen LogP contribution in [0.1, 0.15) is 24.1 Å². The van der Waals surface area contributed by atoms with Crippen LogP contribution in [-0.2, 0) is 33.2 Å². The second-order valence-electron chi connectivity index (χ2n) is 22.5. The Kier molecular flexibility index (Phi) is 37.7. The summed E-state index contributed by atoms with van der Waals surface area (Å²) in [5, 5.41) is 37.4. The molecule has 0 saturated heterocycles. The van der Waals surface area contributed by atoms with Crippen LogP contribution in [0.2, 0.25) is 0 Å². The minimum atomic E-state index is -0.446. The summed E-state index contributed by atoms with van der Waals surface area (Å²) in [5.74, 6) is 7.74. The summed E-state index contributed by atoms with van der Waals surface area (Å²) in [5.41, 5.74) is 2.16. The Balaban J connectivity index is 0.000000177. The van der Waals surface area contributed by atoms with Gasteiger partial charge in [-0.1, -0.05) is 389 Å². The zero-order chi connectivity index (χ0) is 72.9. The number of hydrogen-bond donors (Lipinski definition) is 2. The largest absolute Gasteiger partial charge is 0.0622 e. The maximum absolute atomic E-state index is 9.70. The Morgan fingerprint density at radius 3 is 0.472 bits per heavy atom. The van der Waals surface area contributed by atoms with Crippen LogP contribution < -0.4 is 63.7 Å². The maximum Gasteiger partial charge on any atom is 0 e. The fourth-order valence-corrected chi connectivity index (χ4v) is 20.8. The second kappa shape index (κ2) is 47.2. The molecule has 0 aliphatic carbocycles. The smallest absolute Gasteiger partial charge is 0 e. The molecule has 0 unspecified atom stereocenters. The summed E-state index contributed by atoms with van der Waals surface area (Å²) in [4.78, 5) is 0. The van der Waals surface area contributed by atoms with Crippen molar-refractivity contribution in [1.82, 2.24) is 0 Å². The van der Waals surface area contributed by atoms with E-state index >= 15 is 0 Å². The molecule has 0 radical (unpaired) electrons. The van der Waals surface area contributed by atoms with Crippen LogP contribution in [0.25, 0.3) is 10.8 Å². The van der Waals surface area contributed by atoms with Gasteiger partial charge in [0.25, 0.3) is 0 Å². The van der Waals surface area contributed by atoms with Crippen molar-refractivity contribution in [3.05, 3.63) is 432 Å². The van der Waals surface area contributed by atoms with Crippen LogP contribution in [-0.4, -0.2) is 10.2 Å². The summed E-state index contributed by atoms with van der Waals surface area (Å²) >= 11 is 12.3. The molecule has 530 valence electrons. The van der Waals surface area contributed by atoms with Crippen molar-refractivity contribution in [2.45, 2.75) is 7.43 Å². The normalized spacial score (nSPS) is 9.94. The molecule has 15 rings (SSSR count). The van der Waals surface area contributed by atoms with Gasteiger partial charge in [0.1, 0.15) is 11.5 Å². The predicted octanol–water partition coefficient (Wildman–Crippen LogP) is 20.7. The Hall–Kier alpha value is -8.57. The van der Waals surface area contributed by atoms with Gasteiger partial charge >= 0.3 is 33.1 Å². The number of terminal acetylenes is 3. The molecule has 0 aliphatic rings. The number of phenolic OH excluding ortho intramolecular Hbond substituents is 2. The number of benzene rings is 15. The van der Waals surface area contributed by atoms with E-state index in [1.807, 2.05) is 0 Å². The van der Waals surface area contributed by atoms with Gasteiger partial charge in [-0.2, -0.15) is 0 Å². The van der Waals surface area contributed by atoms with E-state index in [-0.39, 0.29) is 39.3 Å². The van der Waals surface area contributed by atoms with Gasteiger partial charge in [0, 0.05) is 47.9 Å². The van der Waals surface area contributed by atoms with E-state index < -0.39 is 31.7 Å². The zero-order valence-corrected chi connectivity index (χ0v) is 68.3. The van der Waals surface area contributed by atoms with Crippen molar-refractivity contribution >= 4 is 158 Å². The van der Waals surface area contributed by atoms with E-state index in [4.69, 9.17) is 19.3 Å². The molecule has 2 N–H and O–H groups in total. The van der Waals surface area contributed by atoms with Crippen molar-refractivity contribution in [3.8, 4) is 48.5 Å². The van der Waals surface area contributed by atoms with Gasteiger partial charge in [0.05, 0.1) is 8.95 Å². The predicted molar refractivity (Wildman–Crippen MR) is 474 cm³/mol. The van der Waals surface area contributed by atoms with Crippen molar-refractivity contribution in [2.24, 2.45) is 0 Å². The first kappa shape index (κ1) is 84.7. The molecule has 0 spiro atoms. The molecule has 0 atom stereocenters. The number of rotatable bonds is 12. The number of aromatic hydroxyl groups is 2. The fraction of sp³-hybridized carbons (Fsp3) is 0.0105. The quantitative estimate of drug-likeness (QED) is 0.0554. The van der Waals surface area contributed by atoms with Crippen LogP contribution in [0.3, 0.4) is 0 Å². The van der Waals surface area contributed by atoms with Crippen molar-refractivity contribution in [1.29, 1.82) is 0 Å². The van der Waals surface area contributed by atoms with E-state index in [0.717, 1.165) is 16.7 Å². The first-order valence-electron chi connectivity index (χ1n) is 33.0. The fourth-order valence-electron chi connectivity index (χ4n) is 10.9. The van der Waals surface area contributed by atoms with Crippen LogP contribution in [0.5, 0.6) is 11.5 Å². The van der Waals surface area contributed by atoms with Gasteiger partial charge < -0.3 is 10.2 Å². The molecular weight excluding hydrogens is 1750 g/mol. The standard InChI is InChI=1S/4C18H15P.C12H6.C10H6Br2O2.CH4.Cu.HI.Pd/c4*1-4-10-16(11-5-1)19(17-12-6-2-7-13-17)18-14-8-3-9-15-18;1-4-10-7-11(5-2)9-12(6-3)8-10;11-7-3-1-5-6(10(7)14)2-4-8(12)9(5)13;;;;/h4*1-15H;1-3,7-9H;1-4,13-14H;1H4;;1H;/q;;;;;;;+1;;/p-1. The summed E-state index contributed by atoms with van der Waals surface area (Å²) in [6, 6.07) is 141. The molecule has 106 heavy (non-hydrogen) atoms. The van der Waals surface area contributed by atoms with Crippen molar-refractivity contribution in [2.75, 3.05) is 0 Å². The Labute approximate surface area is 682 Å². The van der Waals surface area contributed by atoms with Crippen LogP contribution in [0.15, 0.2) is 415 Å². The first-order valence-corrected chi connectivity index (χ1v) is 43.0. The van der Waals surface area contributed by atoms with Crippen LogP contribution in [0, 0.1) is 37.0 Å². The van der Waals surface area contributed by atoms with Gasteiger partial charge in [-0.15, -0.1) is 19.3 Å². The molecule has 2 nitrogen and oxygen atoms in total. The average Bonchev–Trinajstić information content (AvgIpc) is 0.803. The average molecular weight is 1830 g/mol. The third-order valence-electron chi connectivity index (χ3n) is 15.7. The van der Waals surface area contributed by atoms with E-state index in [0.29, 0.717) is 19.7 Å². The molecule has 0 saturated carbocycles. The third kappa shape index (κ3) is 25.3. The monoisotopic (exact) mass is 1830 g/mol. The topological polar surface area (TPSA) is 40.5 Å². The molecule has 0 amide bonds. The third-order valence-corrected chi connectivity index (χ3v) is 26.7. The molecular formula is C95H76Br2CuIO2P4Pd. The summed E-state index contributed by atoms with van der Waals surface area (Å²) in [6.07, 6.45) is 15.6. The number of hydrogen-bond acceptors (Lipinski definition) is 2. The van der Waals surface area contributed by atoms with E-state index in [9.17, 15) is 10.2 Å². The minimum absolute atomic E-state index is 0. The summed E-state index contributed by atoms with van der Waals surface area (Å²) < 4.78 is 1.23.